The van der Waals surface area contributed by atoms with Crippen molar-refractivity contribution >= 4 is 15.7 Å². The van der Waals surface area contributed by atoms with E-state index in [0.29, 0.717) is 6.42 Å². The van der Waals surface area contributed by atoms with Crippen LogP contribution in [0.25, 0.3) is 0 Å². The van der Waals surface area contributed by atoms with Crippen LogP contribution in [0.2, 0.25) is 0 Å². The fraction of sp³-hybridized carbons (Fsp3) is 0.538. The van der Waals surface area contributed by atoms with Gasteiger partial charge in [-0.25, -0.2) is 17.5 Å². The van der Waals surface area contributed by atoms with Gasteiger partial charge in [0, 0.05) is 0 Å². The molecule has 21 heavy (non-hydrogen) atoms. The van der Waals surface area contributed by atoms with Gasteiger partial charge in [-0.15, -0.1) is 0 Å². The monoisotopic (exact) mass is 316 g/mol. The van der Waals surface area contributed by atoms with E-state index in [4.69, 9.17) is 15.2 Å². The minimum Gasteiger partial charge on any atom is -0.492 e. The lowest BCUT2D eigenvalue weighted by molar-refractivity contribution is 0.0996. The quantitative estimate of drug-likeness (QED) is 0.809. The van der Waals surface area contributed by atoms with Crippen molar-refractivity contribution in [3.63, 3.8) is 0 Å². The highest BCUT2D eigenvalue weighted by atomic mass is 32.2. The first kappa shape index (κ1) is 14.6. The summed E-state index contributed by atoms with van der Waals surface area (Å²) in [5.74, 6) is -0.959. The summed E-state index contributed by atoms with van der Waals surface area (Å²) >= 11 is 0. The van der Waals surface area contributed by atoms with E-state index in [9.17, 15) is 12.8 Å². The van der Waals surface area contributed by atoms with Crippen LogP contribution >= 0.6 is 0 Å². The largest absolute Gasteiger partial charge is 0.492 e. The second-order valence-corrected chi connectivity index (χ2v) is 7.08. The smallest absolute Gasteiger partial charge is 0.241 e. The van der Waals surface area contributed by atoms with Crippen molar-refractivity contribution in [2.45, 2.75) is 42.4 Å². The Bertz CT molecular complexity index is 641. The first-order valence-electron chi connectivity index (χ1n) is 6.71. The maximum atomic E-state index is 13.8. The molecule has 3 rings (SSSR count). The molecule has 3 unspecified atom stereocenters. The summed E-state index contributed by atoms with van der Waals surface area (Å²) in [6.45, 7) is 0. The average molecular weight is 316 g/mol. The van der Waals surface area contributed by atoms with Gasteiger partial charge in [0.2, 0.25) is 10.0 Å². The number of fused-ring (bicyclic) bond motifs is 2. The van der Waals surface area contributed by atoms with Crippen LogP contribution in [0.5, 0.6) is 5.75 Å². The summed E-state index contributed by atoms with van der Waals surface area (Å²) in [5.41, 5.74) is 5.56. The molecule has 0 radical (unpaired) electrons. The van der Waals surface area contributed by atoms with Crippen LogP contribution in [0.1, 0.15) is 19.3 Å². The number of nitrogens with one attached hydrogen (secondary N) is 1. The zero-order valence-corrected chi connectivity index (χ0v) is 12.3. The molecule has 3 N–H and O–H groups in total. The number of ether oxygens (including phenoxy) is 2. The molecule has 2 fully saturated rings. The Labute approximate surface area is 122 Å². The minimum absolute atomic E-state index is 0.0536. The number of nitrogen functional groups attached to an aromatic ring is 1. The van der Waals surface area contributed by atoms with Gasteiger partial charge in [-0.2, -0.15) is 0 Å². The number of methoxy groups -OCH3 is 1. The van der Waals surface area contributed by atoms with Gasteiger partial charge >= 0.3 is 0 Å². The molecule has 2 aliphatic rings. The van der Waals surface area contributed by atoms with Crippen LogP contribution < -0.4 is 15.2 Å². The average Bonchev–Trinajstić information content (AvgIpc) is 3.00. The Morgan fingerprint density at radius 2 is 2.19 bits per heavy atom. The van der Waals surface area contributed by atoms with Crippen molar-refractivity contribution < 1.29 is 22.3 Å². The van der Waals surface area contributed by atoms with Gasteiger partial charge < -0.3 is 15.2 Å². The zero-order valence-electron chi connectivity index (χ0n) is 11.5. The van der Waals surface area contributed by atoms with E-state index >= 15 is 0 Å². The molecule has 0 saturated carbocycles. The Balaban J connectivity index is 1.85. The first-order chi connectivity index (χ1) is 9.90. The number of nitrogens with two attached hydrogens (primary N) is 1. The minimum atomic E-state index is -3.84. The molecular weight excluding hydrogens is 299 g/mol. The molecule has 2 bridgehead atoms. The SMILES string of the molecule is COc1c(N)cc(S(=O)(=O)NC2CC3CCC2O3)cc1F. The first-order valence-corrected chi connectivity index (χ1v) is 8.20. The maximum absolute atomic E-state index is 13.8. The second-order valence-electron chi connectivity index (χ2n) is 5.36. The van der Waals surface area contributed by atoms with E-state index < -0.39 is 15.8 Å². The molecule has 0 spiro atoms. The molecular formula is C13H17FN2O4S. The molecule has 0 amide bonds. The summed E-state index contributed by atoms with van der Waals surface area (Å²) < 4.78 is 51.4. The highest BCUT2D eigenvalue weighted by molar-refractivity contribution is 7.89. The number of hydrogen-bond acceptors (Lipinski definition) is 5. The highest BCUT2D eigenvalue weighted by Crippen LogP contribution is 2.35. The summed E-state index contributed by atoms with van der Waals surface area (Å²) in [5, 5.41) is 0. The third kappa shape index (κ3) is 2.58. The summed E-state index contributed by atoms with van der Waals surface area (Å²) in [6.07, 6.45) is 2.49. The lowest BCUT2D eigenvalue weighted by Gasteiger charge is -2.20. The van der Waals surface area contributed by atoms with E-state index in [1.54, 1.807) is 0 Å². The van der Waals surface area contributed by atoms with Gasteiger partial charge in [-0.05, 0) is 31.4 Å². The van der Waals surface area contributed by atoms with Crippen LogP contribution in [-0.4, -0.2) is 33.8 Å². The summed E-state index contributed by atoms with van der Waals surface area (Å²) in [4.78, 5) is -0.207. The zero-order chi connectivity index (χ0) is 15.2. The van der Waals surface area contributed by atoms with Gasteiger partial charge in [-0.3, -0.25) is 0 Å². The Hall–Kier alpha value is -1.38. The molecule has 0 aliphatic carbocycles. The van der Waals surface area contributed by atoms with Crippen LogP contribution in [-0.2, 0) is 14.8 Å². The van der Waals surface area contributed by atoms with Crippen LogP contribution in [0, 0.1) is 5.82 Å². The molecule has 1 aromatic carbocycles. The lowest BCUT2D eigenvalue weighted by atomic mass is 9.96. The molecule has 3 atom stereocenters. The number of benzene rings is 1. The molecule has 2 saturated heterocycles. The fourth-order valence-electron chi connectivity index (χ4n) is 2.99. The molecule has 2 heterocycles. The van der Waals surface area contributed by atoms with E-state index in [1.165, 1.54) is 13.2 Å². The van der Waals surface area contributed by atoms with E-state index in [0.717, 1.165) is 18.9 Å². The van der Waals surface area contributed by atoms with Crippen molar-refractivity contribution in [2.24, 2.45) is 0 Å². The Kier molecular flexibility index (Phi) is 3.54. The second kappa shape index (κ2) is 5.11. The molecule has 8 heteroatoms. The molecule has 2 aliphatic heterocycles. The lowest BCUT2D eigenvalue weighted by Crippen LogP contribution is -2.41. The Morgan fingerprint density at radius 1 is 1.43 bits per heavy atom. The van der Waals surface area contributed by atoms with Gasteiger partial charge in [-0.1, -0.05) is 0 Å². The number of halogens is 1. The van der Waals surface area contributed by atoms with Crippen molar-refractivity contribution in [3.05, 3.63) is 17.9 Å². The normalized spacial score (nSPS) is 28.0. The molecule has 6 nitrogen and oxygen atoms in total. The maximum Gasteiger partial charge on any atom is 0.241 e. The van der Waals surface area contributed by atoms with E-state index in [1.807, 2.05) is 0 Å². The van der Waals surface area contributed by atoms with Crippen LogP contribution in [0.15, 0.2) is 17.0 Å². The summed E-state index contributed by atoms with van der Waals surface area (Å²) in [7, 11) is -2.57. The van der Waals surface area contributed by atoms with Crippen molar-refractivity contribution in [1.82, 2.24) is 4.72 Å². The fourth-order valence-corrected chi connectivity index (χ4v) is 4.31. The van der Waals surface area contributed by atoms with Gasteiger partial charge in [0.25, 0.3) is 0 Å². The van der Waals surface area contributed by atoms with Crippen molar-refractivity contribution in [3.8, 4) is 5.75 Å². The van der Waals surface area contributed by atoms with Gasteiger partial charge in [0.1, 0.15) is 0 Å². The standard InChI is InChI=1S/C13H17FN2O4S/c1-19-13-9(14)5-8(6-10(13)15)21(17,18)16-11-4-7-2-3-12(11)20-7/h5-7,11-12,16H,2-4,15H2,1H3. The predicted molar refractivity (Wildman–Crippen MR) is 74.0 cm³/mol. The van der Waals surface area contributed by atoms with Crippen LogP contribution in [0.4, 0.5) is 10.1 Å². The highest BCUT2D eigenvalue weighted by Gasteiger charge is 2.42. The molecule has 1 aromatic rings. The number of sulfonamides is 1. The van der Waals surface area contributed by atoms with E-state index in [2.05, 4.69) is 4.72 Å². The number of rotatable bonds is 4. The Morgan fingerprint density at radius 3 is 2.71 bits per heavy atom. The number of hydrogen-bond donors (Lipinski definition) is 2. The third-order valence-electron chi connectivity index (χ3n) is 3.97. The molecule has 116 valence electrons. The van der Waals surface area contributed by atoms with Gasteiger partial charge in [0.05, 0.1) is 35.9 Å². The third-order valence-corrected chi connectivity index (χ3v) is 5.44. The van der Waals surface area contributed by atoms with Crippen molar-refractivity contribution in [2.75, 3.05) is 12.8 Å². The topological polar surface area (TPSA) is 90.7 Å². The summed E-state index contributed by atoms with van der Waals surface area (Å²) in [6, 6.07) is 1.84. The predicted octanol–water partition coefficient (Wildman–Crippen LogP) is 1.01. The van der Waals surface area contributed by atoms with E-state index in [-0.39, 0.29) is 34.6 Å². The van der Waals surface area contributed by atoms with Crippen molar-refractivity contribution in [1.29, 1.82) is 0 Å². The van der Waals surface area contributed by atoms with Gasteiger partial charge in [0.15, 0.2) is 11.6 Å². The number of anilines is 1. The molecule has 0 aromatic heterocycles. The van der Waals surface area contributed by atoms with Crippen LogP contribution in [0.3, 0.4) is 0 Å².